The maximum atomic E-state index is 5.95. The molecule has 0 amide bonds. The standard InChI is InChI=1S/C20H24N6/c21-20(24-12-9-18-8-4-5-11-22-18)25-16-19-23-13-15-26(19)14-10-17-6-2-1-3-7-17/h1-8,11,13,15H,9-10,12,14,16H2,(H3,21,24,25). The number of hydrogen-bond donors (Lipinski definition) is 2. The fraction of sp³-hybridized carbons (Fsp3) is 0.250. The molecule has 0 bridgehead atoms. The van der Waals surface area contributed by atoms with Crippen LogP contribution in [0.25, 0.3) is 0 Å². The van der Waals surface area contributed by atoms with E-state index in [0.717, 1.165) is 30.9 Å². The summed E-state index contributed by atoms with van der Waals surface area (Å²) in [5.41, 5.74) is 8.29. The number of hydrogen-bond acceptors (Lipinski definition) is 3. The van der Waals surface area contributed by atoms with E-state index in [4.69, 9.17) is 5.73 Å². The van der Waals surface area contributed by atoms with Gasteiger partial charge in [-0.2, -0.15) is 0 Å². The zero-order valence-electron chi connectivity index (χ0n) is 14.8. The highest BCUT2D eigenvalue weighted by molar-refractivity contribution is 5.77. The van der Waals surface area contributed by atoms with Crippen molar-refractivity contribution in [1.82, 2.24) is 19.9 Å². The Balaban J connectivity index is 1.46. The van der Waals surface area contributed by atoms with Crippen LogP contribution in [-0.2, 0) is 25.9 Å². The molecule has 3 N–H and O–H groups in total. The average molecular weight is 348 g/mol. The SMILES string of the molecule is NC(=NCc1nccn1CCc1ccccc1)NCCc1ccccn1. The monoisotopic (exact) mass is 348 g/mol. The first-order valence-corrected chi connectivity index (χ1v) is 8.79. The van der Waals surface area contributed by atoms with Gasteiger partial charge in [0.05, 0.1) is 0 Å². The van der Waals surface area contributed by atoms with Gasteiger partial charge in [-0.25, -0.2) is 9.98 Å². The van der Waals surface area contributed by atoms with Crippen LogP contribution in [0, 0.1) is 0 Å². The highest BCUT2D eigenvalue weighted by atomic mass is 15.1. The van der Waals surface area contributed by atoms with Crippen LogP contribution in [0.5, 0.6) is 0 Å². The van der Waals surface area contributed by atoms with Crippen molar-refractivity contribution in [2.75, 3.05) is 6.54 Å². The predicted octanol–water partition coefficient (Wildman–Crippen LogP) is 2.17. The highest BCUT2D eigenvalue weighted by Crippen LogP contribution is 2.05. The molecule has 0 aliphatic heterocycles. The molecule has 1 aromatic carbocycles. The molecule has 3 rings (SSSR count). The molecule has 6 nitrogen and oxygen atoms in total. The van der Waals surface area contributed by atoms with E-state index in [1.165, 1.54) is 5.56 Å². The van der Waals surface area contributed by atoms with Crippen LogP contribution in [0.3, 0.4) is 0 Å². The summed E-state index contributed by atoms with van der Waals surface area (Å²) in [7, 11) is 0. The molecule has 0 spiro atoms. The Morgan fingerprint density at radius 3 is 2.65 bits per heavy atom. The first-order chi connectivity index (χ1) is 12.8. The normalized spacial score (nSPS) is 11.5. The molecule has 0 unspecified atom stereocenters. The van der Waals surface area contributed by atoms with Crippen molar-refractivity contribution in [1.29, 1.82) is 0 Å². The molecular formula is C20H24N6. The van der Waals surface area contributed by atoms with E-state index in [0.29, 0.717) is 19.0 Å². The van der Waals surface area contributed by atoms with Crippen LogP contribution in [-0.4, -0.2) is 27.0 Å². The molecule has 3 aromatic rings. The van der Waals surface area contributed by atoms with Crippen LogP contribution in [0.1, 0.15) is 17.1 Å². The number of guanidine groups is 1. The first-order valence-electron chi connectivity index (χ1n) is 8.79. The summed E-state index contributed by atoms with van der Waals surface area (Å²) in [6.45, 7) is 2.04. The van der Waals surface area contributed by atoms with Crippen molar-refractivity contribution in [3.63, 3.8) is 0 Å². The number of nitrogens with two attached hydrogens (primary N) is 1. The molecule has 0 atom stereocenters. The maximum Gasteiger partial charge on any atom is 0.189 e. The summed E-state index contributed by atoms with van der Waals surface area (Å²) in [4.78, 5) is 13.1. The Labute approximate surface area is 153 Å². The van der Waals surface area contributed by atoms with Crippen molar-refractivity contribution >= 4 is 5.96 Å². The van der Waals surface area contributed by atoms with Gasteiger partial charge in [0.1, 0.15) is 12.4 Å². The summed E-state index contributed by atoms with van der Waals surface area (Å²) in [5, 5.41) is 3.12. The second-order valence-corrected chi connectivity index (χ2v) is 5.97. The Morgan fingerprint density at radius 2 is 1.85 bits per heavy atom. The zero-order valence-corrected chi connectivity index (χ0v) is 14.8. The van der Waals surface area contributed by atoms with E-state index in [9.17, 15) is 0 Å². The van der Waals surface area contributed by atoms with Crippen LogP contribution < -0.4 is 11.1 Å². The van der Waals surface area contributed by atoms with Gasteiger partial charge < -0.3 is 15.6 Å². The number of aryl methyl sites for hydroxylation is 2. The van der Waals surface area contributed by atoms with Gasteiger partial charge >= 0.3 is 0 Å². The number of imidazole rings is 1. The lowest BCUT2D eigenvalue weighted by atomic mass is 10.1. The largest absolute Gasteiger partial charge is 0.370 e. The molecule has 134 valence electrons. The van der Waals surface area contributed by atoms with Crippen molar-refractivity contribution < 1.29 is 0 Å². The Kier molecular flexibility index (Phi) is 6.36. The second kappa shape index (κ2) is 9.36. The molecule has 2 aromatic heterocycles. The molecule has 26 heavy (non-hydrogen) atoms. The van der Waals surface area contributed by atoms with E-state index in [2.05, 4.69) is 49.1 Å². The molecule has 0 aliphatic rings. The molecule has 0 radical (unpaired) electrons. The van der Waals surface area contributed by atoms with Crippen LogP contribution >= 0.6 is 0 Å². The van der Waals surface area contributed by atoms with Crippen molar-refractivity contribution in [3.05, 3.63) is 84.2 Å². The third-order valence-electron chi connectivity index (χ3n) is 4.09. The molecule has 0 saturated carbocycles. The summed E-state index contributed by atoms with van der Waals surface area (Å²) in [6, 6.07) is 16.3. The fourth-order valence-corrected chi connectivity index (χ4v) is 2.67. The fourth-order valence-electron chi connectivity index (χ4n) is 2.67. The van der Waals surface area contributed by atoms with Crippen molar-refractivity contribution in [2.24, 2.45) is 10.7 Å². The van der Waals surface area contributed by atoms with Crippen LogP contribution in [0.15, 0.2) is 72.1 Å². The number of rotatable bonds is 8. The van der Waals surface area contributed by atoms with E-state index < -0.39 is 0 Å². The predicted molar refractivity (Wildman–Crippen MR) is 104 cm³/mol. The van der Waals surface area contributed by atoms with Gasteiger partial charge in [0.25, 0.3) is 0 Å². The van der Waals surface area contributed by atoms with Gasteiger partial charge in [0.15, 0.2) is 5.96 Å². The molecule has 2 heterocycles. The van der Waals surface area contributed by atoms with Gasteiger partial charge in [0.2, 0.25) is 0 Å². The molecular weight excluding hydrogens is 324 g/mol. The van der Waals surface area contributed by atoms with E-state index >= 15 is 0 Å². The van der Waals surface area contributed by atoms with Gasteiger partial charge in [-0.3, -0.25) is 4.98 Å². The number of aliphatic imine (C=N–C) groups is 1. The lowest BCUT2D eigenvalue weighted by molar-refractivity contribution is 0.651. The quantitative estimate of drug-likeness (QED) is 0.483. The van der Waals surface area contributed by atoms with Crippen LogP contribution in [0.2, 0.25) is 0 Å². The first kappa shape index (κ1) is 17.7. The number of nitrogens with zero attached hydrogens (tertiary/aromatic N) is 4. The second-order valence-electron chi connectivity index (χ2n) is 5.97. The maximum absolute atomic E-state index is 5.95. The van der Waals surface area contributed by atoms with Crippen molar-refractivity contribution in [2.45, 2.75) is 25.9 Å². The van der Waals surface area contributed by atoms with E-state index in [1.807, 2.05) is 30.5 Å². The molecule has 0 aliphatic carbocycles. The molecule has 6 heteroatoms. The highest BCUT2D eigenvalue weighted by Gasteiger charge is 2.03. The number of pyridine rings is 1. The summed E-state index contributed by atoms with van der Waals surface area (Å²) >= 11 is 0. The van der Waals surface area contributed by atoms with Gasteiger partial charge in [-0.05, 0) is 24.1 Å². The van der Waals surface area contributed by atoms with Gasteiger partial charge in [-0.15, -0.1) is 0 Å². The van der Waals surface area contributed by atoms with Crippen LogP contribution in [0.4, 0.5) is 0 Å². The smallest absolute Gasteiger partial charge is 0.189 e. The lowest BCUT2D eigenvalue weighted by Gasteiger charge is -2.08. The third-order valence-corrected chi connectivity index (χ3v) is 4.09. The minimum atomic E-state index is 0.429. The van der Waals surface area contributed by atoms with E-state index in [-0.39, 0.29) is 0 Å². The number of nitrogens with one attached hydrogen (secondary N) is 1. The summed E-state index contributed by atoms with van der Waals surface area (Å²) in [6.07, 6.45) is 7.36. The summed E-state index contributed by atoms with van der Waals surface area (Å²) in [5.74, 6) is 1.34. The van der Waals surface area contributed by atoms with Gasteiger partial charge in [-0.1, -0.05) is 36.4 Å². The lowest BCUT2D eigenvalue weighted by Crippen LogP contribution is -2.33. The summed E-state index contributed by atoms with van der Waals surface area (Å²) < 4.78 is 2.12. The van der Waals surface area contributed by atoms with Gasteiger partial charge in [0, 0.05) is 43.8 Å². The number of aromatic nitrogens is 3. The molecule has 0 saturated heterocycles. The Hall–Kier alpha value is -3.15. The van der Waals surface area contributed by atoms with Crippen molar-refractivity contribution in [3.8, 4) is 0 Å². The molecule has 0 fully saturated rings. The zero-order chi connectivity index (χ0) is 18.0. The topological polar surface area (TPSA) is 81.1 Å². The number of benzene rings is 1. The average Bonchev–Trinajstić information content (AvgIpc) is 3.14. The minimum absolute atomic E-state index is 0.429. The Morgan fingerprint density at radius 1 is 1.00 bits per heavy atom. The minimum Gasteiger partial charge on any atom is -0.370 e. The van der Waals surface area contributed by atoms with E-state index in [1.54, 1.807) is 12.4 Å². The third kappa shape index (κ3) is 5.44. The Bertz CT molecular complexity index is 811.